The highest BCUT2D eigenvalue weighted by atomic mass is 35.5. The summed E-state index contributed by atoms with van der Waals surface area (Å²) in [7, 11) is 7.38. The Labute approximate surface area is 141 Å². The molecule has 0 rings (SSSR count). The topological polar surface area (TPSA) is 59.1 Å². The lowest BCUT2D eigenvalue weighted by molar-refractivity contribution is -0.145. The Morgan fingerprint density at radius 1 is 0.864 bits per heavy atom. The number of esters is 2. The number of hydrogen-bond donors (Lipinski definition) is 0. The van der Waals surface area contributed by atoms with E-state index < -0.39 is 24.1 Å². The van der Waals surface area contributed by atoms with Crippen molar-refractivity contribution in [3.63, 3.8) is 0 Å². The van der Waals surface area contributed by atoms with Gasteiger partial charge in [0.25, 0.3) is 0 Å². The van der Waals surface area contributed by atoms with Crippen LogP contribution in [0.1, 0.15) is 0 Å². The molecule has 0 bridgehead atoms. The summed E-state index contributed by atoms with van der Waals surface area (Å²) < 4.78 is 10.2. The second-order valence-electron chi connectivity index (χ2n) is 5.28. The van der Waals surface area contributed by atoms with Crippen LogP contribution in [-0.2, 0) is 19.1 Å². The van der Waals surface area contributed by atoms with Crippen molar-refractivity contribution in [2.24, 2.45) is 0 Å². The van der Waals surface area contributed by atoms with Crippen molar-refractivity contribution >= 4 is 35.1 Å². The third-order valence-electron chi connectivity index (χ3n) is 2.40. The highest BCUT2D eigenvalue weighted by Gasteiger charge is 2.15. The zero-order valence-electron chi connectivity index (χ0n) is 13.4. The first kappa shape index (κ1) is 21.2. The van der Waals surface area contributed by atoms with Crippen LogP contribution in [0.15, 0.2) is 12.2 Å². The van der Waals surface area contributed by atoms with Crippen molar-refractivity contribution in [3.05, 3.63) is 12.2 Å². The van der Waals surface area contributed by atoms with Gasteiger partial charge in [-0.1, -0.05) is 0 Å². The molecular formula is C14H24Cl2N2O4. The quantitative estimate of drug-likeness (QED) is 0.331. The fourth-order valence-corrected chi connectivity index (χ4v) is 1.91. The smallest absolute Gasteiger partial charge is 0.331 e. The first-order chi connectivity index (χ1) is 10.3. The Bertz CT molecular complexity index is 342. The third kappa shape index (κ3) is 10.8. The van der Waals surface area contributed by atoms with E-state index in [-0.39, 0.29) is 11.8 Å². The maximum absolute atomic E-state index is 11.6. The van der Waals surface area contributed by atoms with Crippen molar-refractivity contribution in [3.8, 4) is 0 Å². The van der Waals surface area contributed by atoms with Gasteiger partial charge in [-0.2, -0.15) is 0 Å². The molecule has 0 fully saturated rings. The van der Waals surface area contributed by atoms with Crippen LogP contribution in [0.2, 0.25) is 0 Å². The molecule has 0 aromatic carbocycles. The van der Waals surface area contributed by atoms with Crippen LogP contribution in [0.3, 0.4) is 0 Å². The van der Waals surface area contributed by atoms with E-state index in [9.17, 15) is 9.59 Å². The molecular weight excluding hydrogens is 331 g/mol. The summed E-state index contributed by atoms with van der Waals surface area (Å²) in [4.78, 5) is 26.9. The van der Waals surface area contributed by atoms with E-state index in [1.54, 1.807) is 0 Å². The molecule has 0 saturated heterocycles. The molecule has 128 valence electrons. The Hall–Kier alpha value is -0.820. The van der Waals surface area contributed by atoms with Gasteiger partial charge in [-0.15, -0.1) is 23.2 Å². The number of ether oxygens (including phenoxy) is 2. The molecule has 0 aliphatic rings. The molecule has 0 N–H and O–H groups in total. The van der Waals surface area contributed by atoms with E-state index in [4.69, 9.17) is 32.7 Å². The van der Waals surface area contributed by atoms with Crippen molar-refractivity contribution in [2.45, 2.75) is 12.2 Å². The van der Waals surface area contributed by atoms with Gasteiger partial charge in [-0.3, -0.25) is 0 Å². The predicted molar refractivity (Wildman–Crippen MR) is 87.4 cm³/mol. The first-order valence-corrected chi connectivity index (χ1v) is 7.86. The standard InChI is InChI=1S/C14H24Cl2N2O4/c1-17(2)9-11(7-15)21-13(19)5-6-14(20)22-12(8-16)10-18(3)4/h5-6,11-12H,7-10H2,1-4H3/b6-5+. The summed E-state index contributed by atoms with van der Waals surface area (Å²) in [6.45, 7) is 1.01. The zero-order valence-corrected chi connectivity index (χ0v) is 14.9. The van der Waals surface area contributed by atoms with E-state index in [0.717, 1.165) is 12.2 Å². The van der Waals surface area contributed by atoms with Crippen LogP contribution >= 0.6 is 23.2 Å². The Morgan fingerprint density at radius 2 is 1.18 bits per heavy atom. The van der Waals surface area contributed by atoms with Gasteiger partial charge < -0.3 is 19.3 Å². The van der Waals surface area contributed by atoms with Gasteiger partial charge in [0.15, 0.2) is 0 Å². The molecule has 0 aromatic rings. The monoisotopic (exact) mass is 354 g/mol. The largest absolute Gasteiger partial charge is 0.457 e. The lowest BCUT2D eigenvalue weighted by atomic mass is 10.3. The first-order valence-electron chi connectivity index (χ1n) is 6.79. The number of hydrogen-bond acceptors (Lipinski definition) is 6. The number of alkyl halides is 2. The second-order valence-corrected chi connectivity index (χ2v) is 5.90. The highest BCUT2D eigenvalue weighted by molar-refractivity contribution is 6.18. The van der Waals surface area contributed by atoms with Crippen LogP contribution in [0.4, 0.5) is 0 Å². The van der Waals surface area contributed by atoms with Gasteiger partial charge in [0.2, 0.25) is 0 Å². The lowest BCUT2D eigenvalue weighted by Gasteiger charge is -2.19. The number of carbonyl (C=O) groups excluding carboxylic acids is 2. The minimum Gasteiger partial charge on any atom is -0.457 e. The van der Waals surface area contributed by atoms with E-state index in [2.05, 4.69) is 0 Å². The second kappa shape index (κ2) is 11.7. The SMILES string of the molecule is CN(C)CC(CCl)OC(=O)/C=C/C(=O)OC(CCl)CN(C)C. The summed E-state index contributed by atoms with van der Waals surface area (Å²) >= 11 is 11.4. The van der Waals surface area contributed by atoms with Crippen LogP contribution < -0.4 is 0 Å². The van der Waals surface area contributed by atoms with Crippen molar-refractivity contribution in [2.75, 3.05) is 53.0 Å². The van der Waals surface area contributed by atoms with Crippen LogP contribution in [0, 0.1) is 0 Å². The van der Waals surface area contributed by atoms with Gasteiger partial charge in [-0.25, -0.2) is 9.59 Å². The number of halogens is 2. The Kier molecular flexibility index (Phi) is 11.3. The molecule has 2 unspecified atom stereocenters. The van der Waals surface area contributed by atoms with Gasteiger partial charge in [-0.05, 0) is 28.2 Å². The Balaban J connectivity index is 4.32. The fraction of sp³-hybridized carbons (Fsp3) is 0.714. The normalized spacial score (nSPS) is 14.4. The molecule has 8 heteroatoms. The molecule has 0 aliphatic heterocycles. The number of rotatable bonds is 10. The zero-order chi connectivity index (χ0) is 17.1. The third-order valence-corrected chi connectivity index (χ3v) is 3.09. The van der Waals surface area contributed by atoms with Gasteiger partial charge >= 0.3 is 11.9 Å². The predicted octanol–water partition coefficient (Wildman–Crippen LogP) is 0.967. The van der Waals surface area contributed by atoms with Crippen molar-refractivity contribution in [1.82, 2.24) is 9.80 Å². The lowest BCUT2D eigenvalue weighted by Crippen LogP contribution is -2.32. The molecule has 0 spiro atoms. The number of likely N-dealkylation sites (N-methyl/N-ethyl adjacent to an activating group) is 2. The molecule has 0 aliphatic carbocycles. The van der Waals surface area contributed by atoms with E-state index in [0.29, 0.717) is 13.1 Å². The average Bonchev–Trinajstić information content (AvgIpc) is 2.42. The molecule has 0 saturated carbocycles. The number of carbonyl (C=O) groups is 2. The van der Waals surface area contributed by atoms with Crippen LogP contribution in [0.25, 0.3) is 0 Å². The molecule has 0 radical (unpaired) electrons. The maximum atomic E-state index is 11.6. The molecule has 2 atom stereocenters. The highest BCUT2D eigenvalue weighted by Crippen LogP contribution is 2.01. The fourth-order valence-electron chi connectivity index (χ4n) is 1.59. The van der Waals surface area contributed by atoms with Gasteiger partial charge in [0, 0.05) is 25.2 Å². The molecule has 0 heterocycles. The number of nitrogens with zero attached hydrogens (tertiary/aromatic N) is 2. The maximum Gasteiger partial charge on any atom is 0.331 e. The van der Waals surface area contributed by atoms with Crippen molar-refractivity contribution < 1.29 is 19.1 Å². The molecule has 0 amide bonds. The molecule has 22 heavy (non-hydrogen) atoms. The van der Waals surface area contributed by atoms with Gasteiger partial charge in [0.05, 0.1) is 11.8 Å². The minimum absolute atomic E-state index is 0.180. The average molecular weight is 355 g/mol. The van der Waals surface area contributed by atoms with E-state index in [1.807, 2.05) is 38.0 Å². The van der Waals surface area contributed by atoms with Crippen molar-refractivity contribution in [1.29, 1.82) is 0 Å². The van der Waals surface area contributed by atoms with Gasteiger partial charge in [0.1, 0.15) is 12.2 Å². The summed E-state index contributed by atoms with van der Waals surface area (Å²) in [5, 5.41) is 0. The minimum atomic E-state index is -0.639. The van der Waals surface area contributed by atoms with E-state index in [1.165, 1.54) is 0 Å². The summed E-state index contributed by atoms with van der Waals surface area (Å²) in [5.41, 5.74) is 0. The van der Waals surface area contributed by atoms with Crippen LogP contribution in [-0.4, -0.2) is 87.0 Å². The molecule has 6 nitrogen and oxygen atoms in total. The van der Waals surface area contributed by atoms with E-state index >= 15 is 0 Å². The Morgan fingerprint density at radius 3 is 1.41 bits per heavy atom. The molecule has 0 aromatic heterocycles. The summed E-state index contributed by atoms with van der Waals surface area (Å²) in [6, 6.07) is 0. The summed E-state index contributed by atoms with van der Waals surface area (Å²) in [6.07, 6.45) is 1.18. The summed E-state index contributed by atoms with van der Waals surface area (Å²) in [5.74, 6) is -0.919. The van der Waals surface area contributed by atoms with Crippen LogP contribution in [0.5, 0.6) is 0 Å².